The summed E-state index contributed by atoms with van der Waals surface area (Å²) in [7, 11) is 0. The van der Waals surface area contributed by atoms with Gasteiger partial charge in [-0.2, -0.15) is 0 Å². The van der Waals surface area contributed by atoms with Crippen molar-refractivity contribution in [2.45, 2.75) is 33.4 Å². The number of rotatable bonds is 6. The molecule has 1 aromatic carbocycles. The number of aromatic nitrogens is 1. The Morgan fingerprint density at radius 1 is 1.33 bits per heavy atom. The number of nitrogens with zero attached hydrogens (tertiary/aromatic N) is 1. The van der Waals surface area contributed by atoms with Gasteiger partial charge in [-0.05, 0) is 32.5 Å². The number of benzene rings is 1. The third-order valence-electron chi connectivity index (χ3n) is 3.38. The standard InChI is InChI=1S/C17H21ClN2O/c1-4-20-13(3)15-9-12(2)5-6-17(15)21-11-14-7-8-19-10-16(14)18/h5-10,13,20H,4,11H2,1-3H3. The average molecular weight is 305 g/mol. The van der Waals surface area contributed by atoms with E-state index in [2.05, 4.69) is 43.2 Å². The summed E-state index contributed by atoms with van der Waals surface area (Å²) in [5.41, 5.74) is 3.33. The van der Waals surface area contributed by atoms with Gasteiger partial charge in [0.05, 0.1) is 5.02 Å². The first-order valence-electron chi connectivity index (χ1n) is 7.17. The van der Waals surface area contributed by atoms with Crippen LogP contribution >= 0.6 is 11.6 Å². The van der Waals surface area contributed by atoms with Gasteiger partial charge in [0.15, 0.2) is 0 Å². The molecular formula is C17H21ClN2O. The van der Waals surface area contributed by atoms with Gasteiger partial charge in [0.1, 0.15) is 12.4 Å². The lowest BCUT2D eigenvalue weighted by Crippen LogP contribution is -2.18. The summed E-state index contributed by atoms with van der Waals surface area (Å²) >= 11 is 6.11. The fourth-order valence-electron chi connectivity index (χ4n) is 2.23. The molecule has 0 fully saturated rings. The normalized spacial score (nSPS) is 12.2. The van der Waals surface area contributed by atoms with Crippen LogP contribution in [0.5, 0.6) is 5.75 Å². The molecule has 0 saturated heterocycles. The monoisotopic (exact) mass is 304 g/mol. The number of pyridine rings is 1. The smallest absolute Gasteiger partial charge is 0.124 e. The lowest BCUT2D eigenvalue weighted by atomic mass is 10.0. The fraction of sp³-hybridized carbons (Fsp3) is 0.353. The van der Waals surface area contributed by atoms with Crippen molar-refractivity contribution in [3.63, 3.8) is 0 Å². The summed E-state index contributed by atoms with van der Waals surface area (Å²) in [5.74, 6) is 0.891. The summed E-state index contributed by atoms with van der Waals surface area (Å²) < 4.78 is 5.97. The highest BCUT2D eigenvalue weighted by Gasteiger charge is 2.12. The molecule has 1 heterocycles. The predicted octanol–water partition coefficient (Wildman–Crippen LogP) is 4.29. The molecule has 2 rings (SSSR count). The molecule has 0 spiro atoms. The van der Waals surface area contributed by atoms with Gasteiger partial charge < -0.3 is 10.1 Å². The van der Waals surface area contributed by atoms with E-state index in [1.165, 1.54) is 11.1 Å². The van der Waals surface area contributed by atoms with Crippen molar-refractivity contribution >= 4 is 11.6 Å². The van der Waals surface area contributed by atoms with Crippen molar-refractivity contribution in [1.29, 1.82) is 0 Å². The second-order valence-electron chi connectivity index (χ2n) is 5.08. The van der Waals surface area contributed by atoms with Crippen LogP contribution in [-0.4, -0.2) is 11.5 Å². The maximum absolute atomic E-state index is 6.11. The Morgan fingerprint density at radius 2 is 2.14 bits per heavy atom. The summed E-state index contributed by atoms with van der Waals surface area (Å²) in [6.45, 7) is 7.70. The maximum Gasteiger partial charge on any atom is 0.124 e. The molecule has 0 radical (unpaired) electrons. The molecule has 1 N–H and O–H groups in total. The molecule has 0 saturated carbocycles. The number of hydrogen-bond donors (Lipinski definition) is 1. The molecule has 0 amide bonds. The SMILES string of the molecule is CCNC(C)c1cc(C)ccc1OCc1ccncc1Cl. The van der Waals surface area contributed by atoms with Crippen LogP contribution in [0.15, 0.2) is 36.7 Å². The van der Waals surface area contributed by atoms with E-state index in [1.54, 1.807) is 12.4 Å². The Hall–Kier alpha value is -1.58. The third-order valence-corrected chi connectivity index (χ3v) is 3.72. The largest absolute Gasteiger partial charge is 0.489 e. The van der Waals surface area contributed by atoms with Gasteiger partial charge in [0.25, 0.3) is 0 Å². The molecule has 1 unspecified atom stereocenters. The first kappa shape index (κ1) is 15.8. The second kappa shape index (κ2) is 7.43. The number of hydrogen-bond acceptors (Lipinski definition) is 3. The van der Waals surface area contributed by atoms with E-state index in [1.807, 2.05) is 12.1 Å². The minimum Gasteiger partial charge on any atom is -0.489 e. The number of aryl methyl sites for hydroxylation is 1. The molecule has 1 aromatic heterocycles. The number of halogens is 1. The third kappa shape index (κ3) is 4.19. The van der Waals surface area contributed by atoms with Gasteiger partial charge >= 0.3 is 0 Å². The molecule has 0 aliphatic heterocycles. The van der Waals surface area contributed by atoms with E-state index in [0.29, 0.717) is 11.6 Å². The fourth-order valence-corrected chi connectivity index (χ4v) is 2.40. The minimum absolute atomic E-state index is 0.248. The zero-order valence-corrected chi connectivity index (χ0v) is 13.4. The first-order valence-corrected chi connectivity index (χ1v) is 7.54. The van der Waals surface area contributed by atoms with Crippen molar-refractivity contribution < 1.29 is 4.74 Å². The highest BCUT2D eigenvalue weighted by atomic mass is 35.5. The second-order valence-corrected chi connectivity index (χ2v) is 5.48. The predicted molar refractivity (Wildman–Crippen MR) is 86.8 cm³/mol. The molecule has 1 atom stereocenters. The Morgan fingerprint density at radius 3 is 2.86 bits per heavy atom. The molecule has 0 aliphatic rings. The summed E-state index contributed by atoms with van der Waals surface area (Å²) in [5, 5.41) is 4.05. The van der Waals surface area contributed by atoms with Gasteiger partial charge in [-0.3, -0.25) is 4.98 Å². The van der Waals surface area contributed by atoms with Crippen molar-refractivity contribution in [3.05, 3.63) is 58.4 Å². The number of ether oxygens (including phenoxy) is 1. The Balaban J connectivity index is 2.18. The zero-order valence-electron chi connectivity index (χ0n) is 12.7. The van der Waals surface area contributed by atoms with Gasteiger partial charge in [-0.25, -0.2) is 0 Å². The average Bonchev–Trinajstić information content (AvgIpc) is 2.47. The molecule has 0 aliphatic carbocycles. The topological polar surface area (TPSA) is 34.1 Å². The van der Waals surface area contributed by atoms with Crippen LogP contribution in [-0.2, 0) is 6.61 Å². The zero-order chi connectivity index (χ0) is 15.2. The Kier molecular flexibility index (Phi) is 5.59. The van der Waals surface area contributed by atoms with Gasteiger partial charge in [-0.15, -0.1) is 0 Å². The lowest BCUT2D eigenvalue weighted by molar-refractivity contribution is 0.300. The van der Waals surface area contributed by atoms with Crippen molar-refractivity contribution in [3.8, 4) is 5.75 Å². The molecule has 0 bridgehead atoms. The lowest BCUT2D eigenvalue weighted by Gasteiger charge is -2.18. The maximum atomic E-state index is 6.11. The highest BCUT2D eigenvalue weighted by Crippen LogP contribution is 2.27. The van der Waals surface area contributed by atoms with E-state index in [4.69, 9.17) is 16.3 Å². The van der Waals surface area contributed by atoms with E-state index >= 15 is 0 Å². The summed E-state index contributed by atoms with van der Waals surface area (Å²) in [6, 6.07) is 8.37. The Labute approximate surface area is 131 Å². The molecule has 3 nitrogen and oxygen atoms in total. The van der Waals surface area contributed by atoms with Crippen LogP contribution in [0.25, 0.3) is 0 Å². The van der Waals surface area contributed by atoms with Crippen LogP contribution < -0.4 is 10.1 Å². The molecule has 21 heavy (non-hydrogen) atoms. The number of nitrogens with one attached hydrogen (secondary N) is 1. The summed E-state index contributed by atoms with van der Waals surface area (Å²) in [4.78, 5) is 3.98. The highest BCUT2D eigenvalue weighted by molar-refractivity contribution is 6.31. The van der Waals surface area contributed by atoms with E-state index in [-0.39, 0.29) is 6.04 Å². The van der Waals surface area contributed by atoms with Crippen LogP contribution in [0, 0.1) is 6.92 Å². The van der Waals surface area contributed by atoms with Crippen LogP contribution in [0.2, 0.25) is 5.02 Å². The molecule has 112 valence electrons. The van der Waals surface area contributed by atoms with Gasteiger partial charge in [0.2, 0.25) is 0 Å². The van der Waals surface area contributed by atoms with Gasteiger partial charge in [-0.1, -0.05) is 36.2 Å². The van der Waals surface area contributed by atoms with Crippen LogP contribution in [0.1, 0.15) is 36.6 Å². The van der Waals surface area contributed by atoms with Crippen molar-refractivity contribution in [2.75, 3.05) is 6.54 Å². The van der Waals surface area contributed by atoms with Gasteiger partial charge in [0, 0.05) is 29.6 Å². The Bertz CT molecular complexity index is 601. The summed E-state index contributed by atoms with van der Waals surface area (Å²) in [6.07, 6.45) is 3.36. The molecular weight excluding hydrogens is 284 g/mol. The van der Waals surface area contributed by atoms with Crippen molar-refractivity contribution in [2.24, 2.45) is 0 Å². The molecule has 2 aromatic rings. The van der Waals surface area contributed by atoms with E-state index < -0.39 is 0 Å². The molecule has 4 heteroatoms. The van der Waals surface area contributed by atoms with E-state index in [0.717, 1.165) is 17.9 Å². The van der Waals surface area contributed by atoms with Crippen molar-refractivity contribution in [1.82, 2.24) is 10.3 Å². The van der Waals surface area contributed by atoms with Crippen LogP contribution in [0.4, 0.5) is 0 Å². The van der Waals surface area contributed by atoms with E-state index in [9.17, 15) is 0 Å². The van der Waals surface area contributed by atoms with Crippen LogP contribution in [0.3, 0.4) is 0 Å². The minimum atomic E-state index is 0.248. The first-order chi connectivity index (χ1) is 10.1. The quantitative estimate of drug-likeness (QED) is 0.864.